The first-order valence-electron chi connectivity index (χ1n) is 2.89. The van der Waals surface area contributed by atoms with E-state index in [-0.39, 0.29) is 0 Å². The Labute approximate surface area is 54.1 Å². The monoisotopic (exact) mass is 126 g/mol. The van der Waals surface area contributed by atoms with E-state index < -0.39 is 17.9 Å². The van der Waals surface area contributed by atoms with Gasteiger partial charge < -0.3 is 10.4 Å². The van der Waals surface area contributed by atoms with Gasteiger partial charge in [0, 0.05) is 0 Å². The van der Waals surface area contributed by atoms with Crippen LogP contribution in [0.5, 0.6) is 0 Å². The van der Waals surface area contributed by atoms with Gasteiger partial charge in [-0.15, -0.1) is 0 Å². The highest BCUT2D eigenvalue weighted by Crippen LogP contribution is 2.13. The molecule has 0 spiro atoms. The van der Waals surface area contributed by atoms with Gasteiger partial charge >= 0.3 is 5.97 Å². The highest BCUT2D eigenvalue weighted by molar-refractivity contribution is 5.74. The van der Waals surface area contributed by atoms with E-state index in [1.807, 2.05) is 0 Å². The van der Waals surface area contributed by atoms with Crippen LogP contribution in [-0.2, 0) is 4.79 Å². The van der Waals surface area contributed by atoms with Crippen LogP contribution in [0, 0.1) is 12.8 Å². The average Bonchev–Trinajstić information content (AvgIpc) is 2.13. The van der Waals surface area contributed by atoms with Crippen molar-refractivity contribution in [1.82, 2.24) is 5.32 Å². The lowest BCUT2D eigenvalue weighted by atomic mass is 10.0. The summed E-state index contributed by atoms with van der Waals surface area (Å²) in [4.78, 5) is 10.2. The Balaban J connectivity index is 2.49. The maximum atomic E-state index is 10.2. The topological polar surface area (TPSA) is 49.3 Å². The highest BCUT2D eigenvalue weighted by Gasteiger charge is 2.28. The summed E-state index contributed by atoms with van der Waals surface area (Å²) >= 11 is 0. The molecule has 9 heavy (non-hydrogen) atoms. The van der Waals surface area contributed by atoms with Crippen LogP contribution < -0.4 is 5.32 Å². The van der Waals surface area contributed by atoms with Crippen LogP contribution in [-0.4, -0.2) is 23.7 Å². The van der Waals surface area contributed by atoms with Gasteiger partial charge in [0.2, 0.25) is 0 Å². The second kappa shape index (κ2) is 2.35. The fourth-order valence-corrected chi connectivity index (χ4v) is 0.963. The van der Waals surface area contributed by atoms with Gasteiger partial charge in [0.25, 0.3) is 0 Å². The maximum Gasteiger partial charge on any atom is 0.321 e. The van der Waals surface area contributed by atoms with E-state index in [1.54, 1.807) is 0 Å². The Bertz CT molecular complexity index is 124. The van der Waals surface area contributed by atoms with Crippen molar-refractivity contribution < 1.29 is 9.90 Å². The van der Waals surface area contributed by atoms with Crippen LogP contribution in [0.4, 0.5) is 0 Å². The number of nitrogens with one attached hydrogen (secondary N) is 1. The van der Waals surface area contributed by atoms with Gasteiger partial charge in [-0.1, -0.05) is 0 Å². The summed E-state index contributed by atoms with van der Waals surface area (Å²) in [7, 11) is 0. The molecule has 0 aliphatic carbocycles. The maximum absolute atomic E-state index is 10.2. The standard InChI is InChI=1S/C6H8NO2/c1-4-2-3-7-5(4)6(8)9/h4-5,7H,2-3H2,(H,8,9). The molecule has 1 aliphatic heterocycles. The number of carboxylic acids is 1. The second-order valence-electron chi connectivity index (χ2n) is 2.17. The molecule has 2 N–H and O–H groups in total. The lowest BCUT2D eigenvalue weighted by Gasteiger charge is -2.07. The normalized spacial score (nSPS) is 34.8. The Hall–Kier alpha value is -0.570. The summed E-state index contributed by atoms with van der Waals surface area (Å²) in [6.45, 7) is 7.83. The minimum absolute atomic E-state index is 0.456. The zero-order valence-electron chi connectivity index (χ0n) is 4.92. The van der Waals surface area contributed by atoms with Crippen molar-refractivity contribution in [3.8, 4) is 0 Å². The van der Waals surface area contributed by atoms with Gasteiger partial charge in [-0.2, -0.15) is 0 Å². The smallest absolute Gasteiger partial charge is 0.321 e. The number of hydrogen-bond donors (Lipinski definition) is 2. The third-order valence-corrected chi connectivity index (χ3v) is 1.49. The zero-order chi connectivity index (χ0) is 6.85. The summed E-state index contributed by atoms with van der Waals surface area (Å²) < 4.78 is 0. The van der Waals surface area contributed by atoms with Gasteiger partial charge in [-0.25, -0.2) is 0 Å². The van der Waals surface area contributed by atoms with Crippen molar-refractivity contribution >= 4 is 5.97 Å². The van der Waals surface area contributed by atoms with Crippen molar-refractivity contribution in [1.29, 1.82) is 0 Å². The Morgan fingerprint density at radius 1 is 1.78 bits per heavy atom. The van der Waals surface area contributed by atoms with Gasteiger partial charge in [0.1, 0.15) is 6.04 Å². The van der Waals surface area contributed by atoms with Crippen molar-refractivity contribution in [3.63, 3.8) is 0 Å². The molecular weight excluding hydrogens is 118 g/mol. The van der Waals surface area contributed by atoms with Crippen LogP contribution in [0.3, 0.4) is 0 Å². The lowest BCUT2D eigenvalue weighted by Crippen LogP contribution is -2.34. The minimum Gasteiger partial charge on any atom is -0.480 e. The first-order chi connectivity index (χ1) is 4.22. The molecule has 1 saturated heterocycles. The predicted octanol–water partition coefficient (Wildman–Crippen LogP) is -0.363. The summed E-state index contributed by atoms with van der Waals surface area (Å²) in [6, 6.07) is -0.634. The fourth-order valence-electron chi connectivity index (χ4n) is 0.963. The summed E-state index contributed by atoms with van der Waals surface area (Å²) in [5.74, 6) is -1.37. The first-order valence-corrected chi connectivity index (χ1v) is 2.89. The van der Waals surface area contributed by atoms with Crippen LogP contribution in [0.2, 0.25) is 0 Å². The molecule has 0 aromatic rings. The van der Waals surface area contributed by atoms with Crippen molar-refractivity contribution in [2.45, 2.75) is 12.5 Å². The average molecular weight is 126 g/mol. The van der Waals surface area contributed by atoms with Crippen LogP contribution in [0.15, 0.2) is 0 Å². The molecule has 0 amide bonds. The first kappa shape index (κ1) is 6.55. The van der Waals surface area contributed by atoms with E-state index in [1.165, 1.54) is 0 Å². The summed E-state index contributed by atoms with van der Waals surface area (Å²) in [5, 5.41) is 11.1. The Morgan fingerprint density at radius 2 is 2.44 bits per heavy atom. The third kappa shape index (κ3) is 1.21. The van der Waals surface area contributed by atoms with Crippen molar-refractivity contribution in [2.24, 2.45) is 5.92 Å². The molecule has 49 valence electrons. The molecular formula is C6H8NO2. The Kier molecular flexibility index (Phi) is 1.71. The lowest BCUT2D eigenvalue weighted by molar-refractivity contribution is -0.139. The quantitative estimate of drug-likeness (QED) is 0.504. The zero-order valence-corrected chi connectivity index (χ0v) is 4.92. The van der Waals surface area contributed by atoms with Gasteiger partial charge in [-0.05, 0) is 25.8 Å². The van der Waals surface area contributed by atoms with Gasteiger partial charge in [0.15, 0.2) is 0 Å². The molecule has 0 aromatic heterocycles. The number of carbonyl (C=O) groups is 1. The Morgan fingerprint density at radius 3 is 2.67 bits per heavy atom. The van der Waals surface area contributed by atoms with Crippen LogP contribution in [0.25, 0.3) is 0 Å². The number of hydrogen-bond acceptors (Lipinski definition) is 2. The molecule has 3 nitrogen and oxygen atoms in total. The molecule has 3 heteroatoms. The summed E-state index contributed by atoms with van der Waals surface area (Å²) in [6.07, 6.45) is 0.650. The largest absolute Gasteiger partial charge is 0.480 e. The predicted molar refractivity (Wildman–Crippen MR) is 30.8 cm³/mol. The molecule has 2 unspecified atom stereocenters. The van der Waals surface area contributed by atoms with E-state index in [0.29, 0.717) is 13.0 Å². The molecule has 0 aromatic carbocycles. The van der Waals surface area contributed by atoms with Crippen molar-refractivity contribution in [2.75, 3.05) is 6.54 Å². The fraction of sp³-hybridized carbons (Fsp3) is 0.667. The molecule has 3 radical (unpaired) electrons. The van der Waals surface area contributed by atoms with E-state index in [9.17, 15) is 4.79 Å². The van der Waals surface area contributed by atoms with E-state index in [0.717, 1.165) is 0 Å². The second-order valence-corrected chi connectivity index (χ2v) is 2.17. The minimum atomic E-state index is -0.910. The molecule has 1 rings (SSSR count). The van der Waals surface area contributed by atoms with Crippen molar-refractivity contribution in [3.05, 3.63) is 6.92 Å². The number of rotatable bonds is 1. The van der Waals surface area contributed by atoms with Gasteiger partial charge in [-0.3, -0.25) is 4.79 Å². The molecule has 1 aliphatic rings. The van der Waals surface area contributed by atoms with E-state index in [4.69, 9.17) is 12.0 Å². The third-order valence-electron chi connectivity index (χ3n) is 1.49. The van der Waals surface area contributed by atoms with E-state index in [2.05, 4.69) is 5.32 Å². The molecule has 1 fully saturated rings. The SMILES string of the molecule is [C]C1CCNC1C(=O)O. The molecule has 2 atom stereocenters. The molecule has 0 saturated carbocycles. The highest BCUT2D eigenvalue weighted by atomic mass is 16.4. The summed E-state index contributed by atoms with van der Waals surface area (Å²) in [5.41, 5.74) is 0. The van der Waals surface area contributed by atoms with Gasteiger partial charge in [0.05, 0.1) is 0 Å². The number of aliphatic carboxylic acids is 1. The van der Waals surface area contributed by atoms with E-state index >= 15 is 0 Å². The number of carboxylic acid groups (broad SMARTS) is 1. The van der Waals surface area contributed by atoms with Crippen LogP contribution >= 0.6 is 0 Å². The molecule has 0 bridgehead atoms. The van der Waals surface area contributed by atoms with Crippen LogP contribution in [0.1, 0.15) is 6.42 Å². The molecule has 1 heterocycles.